The Hall–Kier alpha value is -0.830. The summed E-state index contributed by atoms with van der Waals surface area (Å²) in [5.74, 6) is 0.663. The van der Waals surface area contributed by atoms with Crippen molar-refractivity contribution < 1.29 is 4.74 Å². The van der Waals surface area contributed by atoms with E-state index in [-0.39, 0.29) is 5.28 Å². The molecule has 0 radical (unpaired) electrons. The van der Waals surface area contributed by atoms with Crippen LogP contribution in [0.4, 0.5) is 0 Å². The van der Waals surface area contributed by atoms with E-state index in [0.29, 0.717) is 12.4 Å². The summed E-state index contributed by atoms with van der Waals surface area (Å²) in [5.41, 5.74) is 0. The van der Waals surface area contributed by atoms with Crippen LogP contribution in [-0.4, -0.2) is 16.6 Å². The summed E-state index contributed by atoms with van der Waals surface area (Å²) in [6, 6.07) is 0. The molecule has 0 atom stereocenters. The van der Waals surface area contributed by atoms with Gasteiger partial charge in [-0.15, -0.1) is 0 Å². The van der Waals surface area contributed by atoms with Crippen LogP contribution in [0.1, 0.15) is 13.3 Å². The van der Waals surface area contributed by atoms with Crippen LogP contribution in [0, 0.1) is 0 Å². The van der Waals surface area contributed by atoms with Crippen molar-refractivity contribution in [2.24, 2.45) is 0 Å². The molecule has 0 aliphatic heterocycles. The molecule has 0 fully saturated rings. The van der Waals surface area contributed by atoms with Gasteiger partial charge in [-0.1, -0.05) is 6.92 Å². The molecule has 0 saturated carbocycles. The third kappa shape index (κ3) is 2.72. The van der Waals surface area contributed by atoms with E-state index in [1.165, 1.54) is 0 Å². The third-order valence-electron chi connectivity index (χ3n) is 1.07. The Morgan fingerprint density at radius 1 is 1.45 bits per heavy atom. The Kier molecular flexibility index (Phi) is 3.11. The first-order valence-electron chi connectivity index (χ1n) is 3.43. The van der Waals surface area contributed by atoms with E-state index < -0.39 is 0 Å². The summed E-state index contributed by atoms with van der Waals surface area (Å²) < 4.78 is 5.23. The van der Waals surface area contributed by atoms with Crippen LogP contribution in [-0.2, 0) is 0 Å². The molecule has 0 spiro atoms. The molecule has 0 amide bonds. The normalized spacial score (nSPS) is 9.64. The van der Waals surface area contributed by atoms with Gasteiger partial charge in [-0.3, -0.25) is 0 Å². The van der Waals surface area contributed by atoms with E-state index in [1.807, 2.05) is 6.92 Å². The number of hydrogen-bond donors (Lipinski definition) is 0. The van der Waals surface area contributed by atoms with Gasteiger partial charge in [0, 0.05) is 0 Å². The zero-order valence-electron chi connectivity index (χ0n) is 6.25. The van der Waals surface area contributed by atoms with Gasteiger partial charge in [-0.25, -0.2) is 9.97 Å². The highest BCUT2D eigenvalue weighted by Gasteiger charge is 1.93. The van der Waals surface area contributed by atoms with Gasteiger partial charge in [0.25, 0.3) is 0 Å². The highest BCUT2D eigenvalue weighted by Crippen LogP contribution is 2.08. The monoisotopic (exact) mass is 172 g/mol. The first kappa shape index (κ1) is 8.27. The molecule has 4 heteroatoms. The number of rotatable bonds is 3. The second-order valence-corrected chi connectivity index (χ2v) is 2.37. The fourth-order valence-corrected chi connectivity index (χ4v) is 0.692. The van der Waals surface area contributed by atoms with E-state index >= 15 is 0 Å². The van der Waals surface area contributed by atoms with E-state index in [9.17, 15) is 0 Å². The number of ether oxygens (including phenoxy) is 1. The van der Waals surface area contributed by atoms with Crippen molar-refractivity contribution in [1.82, 2.24) is 9.97 Å². The maximum absolute atomic E-state index is 5.47. The van der Waals surface area contributed by atoms with Gasteiger partial charge >= 0.3 is 0 Å². The molecule has 0 unspecified atom stereocenters. The van der Waals surface area contributed by atoms with Crippen LogP contribution in [0.25, 0.3) is 0 Å². The predicted octanol–water partition coefficient (Wildman–Crippen LogP) is 1.92. The molecule has 0 aliphatic rings. The number of aromatic nitrogens is 2. The van der Waals surface area contributed by atoms with Gasteiger partial charge in [0.05, 0.1) is 19.0 Å². The first-order valence-corrected chi connectivity index (χ1v) is 3.81. The zero-order chi connectivity index (χ0) is 8.10. The Morgan fingerprint density at radius 3 is 2.64 bits per heavy atom. The molecule has 0 aromatic carbocycles. The highest BCUT2D eigenvalue weighted by molar-refractivity contribution is 6.28. The topological polar surface area (TPSA) is 35.0 Å². The molecule has 1 heterocycles. The van der Waals surface area contributed by atoms with Crippen LogP contribution >= 0.6 is 11.6 Å². The molecule has 1 rings (SSSR count). The first-order chi connectivity index (χ1) is 5.33. The lowest BCUT2D eigenvalue weighted by atomic mass is 10.5. The summed E-state index contributed by atoms with van der Waals surface area (Å²) >= 11 is 5.47. The summed E-state index contributed by atoms with van der Waals surface area (Å²) in [6.07, 6.45) is 4.10. The van der Waals surface area contributed by atoms with Gasteiger partial charge in [0.2, 0.25) is 5.28 Å². The van der Waals surface area contributed by atoms with E-state index in [2.05, 4.69) is 9.97 Å². The second-order valence-electron chi connectivity index (χ2n) is 2.04. The van der Waals surface area contributed by atoms with Crippen LogP contribution in [0.2, 0.25) is 5.28 Å². The smallest absolute Gasteiger partial charge is 0.222 e. The fourth-order valence-electron chi connectivity index (χ4n) is 0.595. The van der Waals surface area contributed by atoms with Crippen molar-refractivity contribution >= 4 is 11.6 Å². The zero-order valence-corrected chi connectivity index (χ0v) is 7.01. The average Bonchev–Trinajstić information content (AvgIpc) is 2.04. The molecule has 0 bridgehead atoms. The van der Waals surface area contributed by atoms with Gasteiger partial charge in [0.15, 0.2) is 5.75 Å². The summed E-state index contributed by atoms with van der Waals surface area (Å²) in [5, 5.41) is 0.244. The summed E-state index contributed by atoms with van der Waals surface area (Å²) in [7, 11) is 0. The molecular weight excluding hydrogens is 164 g/mol. The molecule has 0 aliphatic carbocycles. The van der Waals surface area contributed by atoms with Crippen LogP contribution in [0.15, 0.2) is 12.4 Å². The van der Waals surface area contributed by atoms with Crippen molar-refractivity contribution in [2.45, 2.75) is 13.3 Å². The Balaban J connectivity index is 2.52. The van der Waals surface area contributed by atoms with Crippen molar-refractivity contribution in [1.29, 1.82) is 0 Å². The lowest BCUT2D eigenvalue weighted by molar-refractivity contribution is 0.315. The van der Waals surface area contributed by atoms with E-state index in [4.69, 9.17) is 16.3 Å². The molecule has 1 aromatic rings. The maximum atomic E-state index is 5.47. The minimum Gasteiger partial charge on any atom is -0.490 e. The Bertz CT molecular complexity index is 212. The van der Waals surface area contributed by atoms with Crippen molar-refractivity contribution in [3.05, 3.63) is 17.7 Å². The van der Waals surface area contributed by atoms with Gasteiger partial charge in [0.1, 0.15) is 0 Å². The summed E-state index contributed by atoms with van der Waals surface area (Å²) in [4.78, 5) is 7.52. The predicted molar refractivity (Wildman–Crippen MR) is 42.8 cm³/mol. The molecule has 0 saturated heterocycles. The molecule has 0 N–H and O–H groups in total. The van der Waals surface area contributed by atoms with E-state index in [1.54, 1.807) is 12.4 Å². The second kappa shape index (κ2) is 4.13. The number of hydrogen-bond acceptors (Lipinski definition) is 3. The largest absolute Gasteiger partial charge is 0.490 e. The average molecular weight is 173 g/mol. The minimum atomic E-state index is 0.244. The molecule has 11 heavy (non-hydrogen) atoms. The SMILES string of the molecule is CCCOc1cnc(Cl)nc1. The Labute approximate surface area is 70.4 Å². The molecule has 3 nitrogen and oxygen atoms in total. The number of nitrogens with zero attached hydrogens (tertiary/aromatic N) is 2. The van der Waals surface area contributed by atoms with Gasteiger partial charge in [-0.2, -0.15) is 0 Å². The highest BCUT2D eigenvalue weighted by atomic mass is 35.5. The van der Waals surface area contributed by atoms with Crippen molar-refractivity contribution in [3.8, 4) is 5.75 Å². The lowest BCUT2D eigenvalue weighted by Gasteiger charge is -2.01. The quantitative estimate of drug-likeness (QED) is 0.654. The molecule has 60 valence electrons. The van der Waals surface area contributed by atoms with Crippen molar-refractivity contribution in [2.75, 3.05) is 6.61 Å². The summed E-state index contributed by atoms with van der Waals surface area (Å²) in [6.45, 7) is 2.72. The van der Waals surface area contributed by atoms with E-state index in [0.717, 1.165) is 6.42 Å². The fraction of sp³-hybridized carbons (Fsp3) is 0.429. The molecular formula is C7H9ClN2O. The Morgan fingerprint density at radius 2 is 2.09 bits per heavy atom. The maximum Gasteiger partial charge on any atom is 0.222 e. The number of halogens is 1. The third-order valence-corrected chi connectivity index (χ3v) is 1.26. The van der Waals surface area contributed by atoms with Crippen molar-refractivity contribution in [3.63, 3.8) is 0 Å². The van der Waals surface area contributed by atoms with Crippen LogP contribution in [0.3, 0.4) is 0 Å². The minimum absolute atomic E-state index is 0.244. The van der Waals surface area contributed by atoms with Crippen LogP contribution < -0.4 is 4.74 Å². The standard InChI is InChI=1S/C7H9ClN2O/c1-2-3-11-6-4-9-7(8)10-5-6/h4-5H,2-3H2,1H3. The molecule has 1 aromatic heterocycles. The van der Waals surface area contributed by atoms with Gasteiger partial charge < -0.3 is 4.74 Å². The van der Waals surface area contributed by atoms with Gasteiger partial charge in [-0.05, 0) is 18.0 Å². The lowest BCUT2D eigenvalue weighted by Crippen LogP contribution is -1.95. The van der Waals surface area contributed by atoms with Crippen LogP contribution in [0.5, 0.6) is 5.75 Å².